The van der Waals surface area contributed by atoms with Crippen molar-refractivity contribution in [3.63, 3.8) is 0 Å². The summed E-state index contributed by atoms with van der Waals surface area (Å²) in [4.78, 5) is 9.04. The molecular formula is C29H25ClFN3O4S. The number of rotatable bonds is 7. The van der Waals surface area contributed by atoms with Gasteiger partial charge in [0.25, 0.3) is 0 Å². The van der Waals surface area contributed by atoms with Crippen LogP contribution >= 0.6 is 11.6 Å². The van der Waals surface area contributed by atoms with Gasteiger partial charge in [-0.3, -0.25) is 0 Å². The van der Waals surface area contributed by atoms with Gasteiger partial charge in [0.15, 0.2) is 15.4 Å². The Balaban J connectivity index is 1.66. The molecule has 0 aliphatic carbocycles. The highest BCUT2D eigenvalue weighted by Crippen LogP contribution is 2.40. The number of benzene rings is 3. The van der Waals surface area contributed by atoms with Crippen LogP contribution in [0.5, 0.6) is 5.88 Å². The Hall–Kier alpha value is -3.79. The van der Waals surface area contributed by atoms with Crippen molar-refractivity contribution in [1.82, 2.24) is 14.5 Å². The standard InChI is InChI=1S/C29H25ClFN3O4S/c1-34-17-32-16-26(34)29(35,19-6-9-21(31)10-7-19)20-8-13-25-23(15-20)27(30)24(28(33-25)38-2)14-18-4-11-22(12-5-18)39(3,36)37/h4-13,15-17,35H,14H2,1-3H3. The molecule has 0 aliphatic heterocycles. The van der Waals surface area contributed by atoms with Crippen molar-refractivity contribution in [3.8, 4) is 5.88 Å². The number of ether oxygens (including phenoxy) is 1. The van der Waals surface area contributed by atoms with Crippen LogP contribution in [0, 0.1) is 5.82 Å². The quantitative estimate of drug-likeness (QED) is 0.297. The summed E-state index contributed by atoms with van der Waals surface area (Å²) in [5.41, 5.74) is 1.75. The summed E-state index contributed by atoms with van der Waals surface area (Å²) in [6, 6.07) is 17.5. The third kappa shape index (κ3) is 4.89. The molecule has 10 heteroatoms. The van der Waals surface area contributed by atoms with Crippen LogP contribution in [-0.4, -0.2) is 41.4 Å². The molecule has 5 aromatic rings. The van der Waals surface area contributed by atoms with Crippen LogP contribution in [-0.2, 0) is 28.9 Å². The number of fused-ring (bicyclic) bond motifs is 1. The third-order valence-electron chi connectivity index (χ3n) is 6.77. The fourth-order valence-corrected chi connectivity index (χ4v) is 5.64. The number of pyridine rings is 1. The minimum Gasteiger partial charge on any atom is -0.481 e. The van der Waals surface area contributed by atoms with E-state index in [0.717, 1.165) is 11.8 Å². The van der Waals surface area contributed by atoms with Crippen LogP contribution < -0.4 is 4.74 Å². The third-order valence-corrected chi connectivity index (χ3v) is 8.33. The van der Waals surface area contributed by atoms with E-state index >= 15 is 0 Å². The van der Waals surface area contributed by atoms with E-state index in [4.69, 9.17) is 16.3 Å². The summed E-state index contributed by atoms with van der Waals surface area (Å²) in [6.45, 7) is 0. The Bertz CT molecular complexity index is 1790. The van der Waals surface area contributed by atoms with Gasteiger partial charge in [-0.15, -0.1) is 0 Å². The molecule has 0 amide bonds. The van der Waals surface area contributed by atoms with Crippen molar-refractivity contribution >= 4 is 32.3 Å². The lowest BCUT2D eigenvalue weighted by atomic mass is 9.83. The molecule has 7 nitrogen and oxygen atoms in total. The normalized spacial score (nSPS) is 13.4. The Morgan fingerprint density at radius 1 is 1.05 bits per heavy atom. The van der Waals surface area contributed by atoms with Crippen LogP contribution in [0.25, 0.3) is 10.9 Å². The summed E-state index contributed by atoms with van der Waals surface area (Å²) in [5, 5.41) is 13.2. The van der Waals surface area contributed by atoms with E-state index in [-0.39, 0.29) is 4.90 Å². The number of hydrogen-bond acceptors (Lipinski definition) is 6. The minimum atomic E-state index is -3.32. The molecule has 200 valence electrons. The molecule has 0 spiro atoms. The maximum Gasteiger partial charge on any atom is 0.218 e. The number of hydrogen-bond donors (Lipinski definition) is 1. The summed E-state index contributed by atoms with van der Waals surface area (Å²) >= 11 is 6.96. The van der Waals surface area contributed by atoms with Gasteiger partial charge in [-0.05, 0) is 53.1 Å². The number of aliphatic hydroxyl groups is 1. The summed E-state index contributed by atoms with van der Waals surface area (Å²) < 4.78 is 44.7. The highest BCUT2D eigenvalue weighted by Gasteiger charge is 2.37. The predicted octanol–water partition coefficient (Wildman–Crippen LogP) is 5.05. The van der Waals surface area contributed by atoms with Gasteiger partial charge in [-0.1, -0.05) is 41.9 Å². The Morgan fingerprint density at radius 3 is 2.31 bits per heavy atom. The lowest BCUT2D eigenvalue weighted by Crippen LogP contribution is -2.31. The molecule has 0 fully saturated rings. The van der Waals surface area contributed by atoms with Crippen LogP contribution in [0.4, 0.5) is 4.39 Å². The monoisotopic (exact) mass is 565 g/mol. The Kier molecular flexibility index (Phi) is 6.92. The molecule has 3 aromatic carbocycles. The molecule has 0 radical (unpaired) electrons. The number of imidazole rings is 1. The number of aromatic nitrogens is 3. The van der Waals surface area contributed by atoms with Crippen molar-refractivity contribution in [2.45, 2.75) is 16.9 Å². The van der Waals surface area contributed by atoms with E-state index < -0.39 is 21.3 Å². The van der Waals surface area contributed by atoms with Crippen LogP contribution in [0.2, 0.25) is 5.02 Å². The van der Waals surface area contributed by atoms with Gasteiger partial charge in [-0.25, -0.2) is 22.8 Å². The molecule has 1 atom stereocenters. The zero-order valence-corrected chi connectivity index (χ0v) is 23.0. The smallest absolute Gasteiger partial charge is 0.218 e. The van der Waals surface area contributed by atoms with Crippen LogP contribution in [0.15, 0.2) is 84.1 Å². The fraction of sp³-hybridized carbons (Fsp3) is 0.172. The van der Waals surface area contributed by atoms with Crippen molar-refractivity contribution in [2.24, 2.45) is 7.05 Å². The zero-order chi connectivity index (χ0) is 27.9. The highest BCUT2D eigenvalue weighted by atomic mass is 35.5. The molecule has 2 aromatic heterocycles. The molecule has 0 bridgehead atoms. The molecule has 2 heterocycles. The maximum atomic E-state index is 13.8. The number of methoxy groups -OCH3 is 1. The van der Waals surface area contributed by atoms with E-state index in [1.807, 2.05) is 0 Å². The van der Waals surface area contributed by atoms with E-state index in [1.165, 1.54) is 31.4 Å². The number of halogens is 2. The van der Waals surface area contributed by atoms with E-state index in [1.54, 1.807) is 66.6 Å². The van der Waals surface area contributed by atoms with Crippen molar-refractivity contribution in [3.05, 3.63) is 118 Å². The molecular weight excluding hydrogens is 541 g/mol. The van der Waals surface area contributed by atoms with Crippen LogP contribution in [0.3, 0.4) is 0 Å². The van der Waals surface area contributed by atoms with E-state index in [2.05, 4.69) is 9.97 Å². The summed E-state index contributed by atoms with van der Waals surface area (Å²) in [5.74, 6) is -0.0777. The first-order valence-corrected chi connectivity index (χ1v) is 14.2. The lowest BCUT2D eigenvalue weighted by molar-refractivity contribution is 0.117. The van der Waals surface area contributed by atoms with Crippen molar-refractivity contribution < 1.29 is 22.7 Å². The van der Waals surface area contributed by atoms with Gasteiger partial charge in [0.05, 0.1) is 40.8 Å². The second kappa shape index (κ2) is 10.1. The van der Waals surface area contributed by atoms with Gasteiger partial charge < -0.3 is 14.4 Å². The fourth-order valence-electron chi connectivity index (χ4n) is 4.71. The minimum absolute atomic E-state index is 0.223. The highest BCUT2D eigenvalue weighted by molar-refractivity contribution is 7.90. The van der Waals surface area contributed by atoms with Gasteiger partial charge in [0.1, 0.15) is 5.82 Å². The van der Waals surface area contributed by atoms with Crippen molar-refractivity contribution in [2.75, 3.05) is 13.4 Å². The molecule has 1 N–H and O–H groups in total. The molecule has 0 saturated heterocycles. The van der Waals surface area contributed by atoms with Crippen molar-refractivity contribution in [1.29, 1.82) is 0 Å². The van der Waals surface area contributed by atoms with Gasteiger partial charge in [0, 0.05) is 30.7 Å². The first-order chi connectivity index (χ1) is 18.5. The number of nitrogens with zero attached hydrogens (tertiary/aromatic N) is 3. The van der Waals surface area contributed by atoms with Gasteiger partial charge >= 0.3 is 0 Å². The maximum absolute atomic E-state index is 13.8. The van der Waals surface area contributed by atoms with E-state index in [9.17, 15) is 17.9 Å². The van der Waals surface area contributed by atoms with Gasteiger partial charge in [-0.2, -0.15) is 0 Å². The second-order valence-corrected chi connectivity index (χ2v) is 11.7. The van der Waals surface area contributed by atoms with Gasteiger partial charge in [0.2, 0.25) is 5.88 Å². The lowest BCUT2D eigenvalue weighted by Gasteiger charge is -2.30. The topological polar surface area (TPSA) is 94.3 Å². The summed E-state index contributed by atoms with van der Waals surface area (Å²) in [6.07, 6.45) is 4.64. The zero-order valence-electron chi connectivity index (χ0n) is 21.4. The Morgan fingerprint density at radius 2 is 1.72 bits per heavy atom. The first kappa shape index (κ1) is 26.8. The second-order valence-electron chi connectivity index (χ2n) is 9.35. The van der Waals surface area contributed by atoms with Crippen LogP contribution in [0.1, 0.15) is 27.9 Å². The number of aryl methyl sites for hydroxylation is 1. The summed E-state index contributed by atoms with van der Waals surface area (Å²) in [7, 11) is -0.0489. The molecule has 0 aliphatic rings. The average molecular weight is 566 g/mol. The largest absolute Gasteiger partial charge is 0.481 e. The predicted molar refractivity (Wildman–Crippen MR) is 147 cm³/mol. The SMILES string of the molecule is COc1nc2ccc(C(O)(c3ccc(F)cc3)c3cncn3C)cc2c(Cl)c1Cc1ccc(S(C)(=O)=O)cc1. The average Bonchev–Trinajstić information content (AvgIpc) is 3.36. The number of sulfone groups is 1. The first-order valence-electron chi connectivity index (χ1n) is 11.9. The van der Waals surface area contributed by atoms with E-state index in [0.29, 0.717) is 50.6 Å². The molecule has 5 rings (SSSR count). The molecule has 0 saturated carbocycles. The molecule has 1 unspecified atom stereocenters. The Labute approximate surface area is 230 Å². The molecule has 39 heavy (non-hydrogen) atoms.